The van der Waals surface area contributed by atoms with Crippen molar-refractivity contribution in [2.75, 3.05) is 24.2 Å². The van der Waals surface area contributed by atoms with Crippen molar-refractivity contribution in [3.63, 3.8) is 0 Å². The zero-order chi connectivity index (χ0) is 20.0. The summed E-state index contributed by atoms with van der Waals surface area (Å²) in [5.41, 5.74) is 2.18. The van der Waals surface area contributed by atoms with Crippen LogP contribution >= 0.6 is 11.6 Å². The normalized spacial score (nSPS) is 12.9. The van der Waals surface area contributed by atoms with E-state index in [2.05, 4.69) is 10.6 Å². The highest BCUT2D eigenvalue weighted by Gasteiger charge is 2.24. The standard InChI is InChI=1S/C20H23ClFN3O2/c1-4-14-7-5-6-8-17(14)23-19(26)12-25(3)13(2)20(27)24-18-10-9-15(22)11-16(18)21/h5-11,13H,4,12H2,1-3H3,(H,23,26)(H,24,27)/p+1/t13-/m0/s1. The second-order valence-corrected chi connectivity index (χ2v) is 6.82. The fourth-order valence-electron chi connectivity index (χ4n) is 2.61. The smallest absolute Gasteiger partial charge is 0.282 e. The van der Waals surface area contributed by atoms with Crippen molar-refractivity contribution in [1.29, 1.82) is 0 Å². The van der Waals surface area contributed by atoms with Gasteiger partial charge in [0.15, 0.2) is 12.6 Å². The molecule has 0 radical (unpaired) electrons. The minimum absolute atomic E-state index is 0.127. The van der Waals surface area contributed by atoms with Crippen LogP contribution in [0, 0.1) is 5.82 Å². The second-order valence-electron chi connectivity index (χ2n) is 6.42. The van der Waals surface area contributed by atoms with Gasteiger partial charge in [0, 0.05) is 5.69 Å². The van der Waals surface area contributed by atoms with Crippen LogP contribution in [-0.4, -0.2) is 31.4 Å². The lowest BCUT2D eigenvalue weighted by Crippen LogP contribution is -3.14. The molecule has 3 N–H and O–H groups in total. The number of anilines is 2. The molecule has 0 aromatic heterocycles. The van der Waals surface area contributed by atoms with Crippen molar-refractivity contribution in [3.05, 3.63) is 58.9 Å². The fourth-order valence-corrected chi connectivity index (χ4v) is 2.82. The Labute approximate surface area is 163 Å². The van der Waals surface area contributed by atoms with Crippen LogP contribution < -0.4 is 15.5 Å². The highest BCUT2D eigenvalue weighted by atomic mass is 35.5. The molecular formula is C20H24ClFN3O2+. The molecule has 2 aromatic rings. The van der Waals surface area contributed by atoms with Crippen molar-refractivity contribution in [1.82, 2.24) is 0 Å². The fraction of sp³-hybridized carbons (Fsp3) is 0.300. The third kappa shape index (κ3) is 5.77. The summed E-state index contributed by atoms with van der Waals surface area (Å²) in [6.45, 7) is 3.87. The summed E-state index contributed by atoms with van der Waals surface area (Å²) in [4.78, 5) is 25.5. The Balaban J connectivity index is 1.94. The van der Waals surface area contributed by atoms with E-state index in [1.807, 2.05) is 31.2 Å². The van der Waals surface area contributed by atoms with Gasteiger partial charge in [-0.1, -0.05) is 36.7 Å². The molecule has 0 aliphatic rings. The largest absolute Gasteiger partial charge is 0.321 e. The molecule has 7 heteroatoms. The molecule has 2 atom stereocenters. The Morgan fingerprint density at radius 3 is 2.52 bits per heavy atom. The topological polar surface area (TPSA) is 62.6 Å². The van der Waals surface area contributed by atoms with Gasteiger partial charge in [0.2, 0.25) is 0 Å². The monoisotopic (exact) mass is 392 g/mol. The molecule has 0 aliphatic heterocycles. The molecule has 2 aromatic carbocycles. The number of nitrogens with one attached hydrogen (secondary N) is 3. The number of rotatable bonds is 7. The maximum Gasteiger partial charge on any atom is 0.282 e. The number of hydrogen-bond donors (Lipinski definition) is 3. The Hall–Kier alpha value is -2.44. The molecule has 1 unspecified atom stereocenters. The number of hydrogen-bond acceptors (Lipinski definition) is 2. The highest BCUT2D eigenvalue weighted by molar-refractivity contribution is 6.33. The third-order valence-corrected chi connectivity index (χ3v) is 4.75. The maximum atomic E-state index is 13.1. The summed E-state index contributed by atoms with van der Waals surface area (Å²) in [5, 5.41) is 5.69. The van der Waals surface area contributed by atoms with E-state index < -0.39 is 11.9 Å². The number of carbonyl (C=O) groups excluding carboxylic acids is 2. The van der Waals surface area contributed by atoms with E-state index >= 15 is 0 Å². The molecule has 0 spiro atoms. The Kier molecular flexibility index (Phi) is 7.33. The van der Waals surface area contributed by atoms with Gasteiger partial charge < -0.3 is 15.5 Å². The molecule has 2 amide bonds. The summed E-state index contributed by atoms with van der Waals surface area (Å²) in [5.74, 6) is -0.951. The zero-order valence-electron chi connectivity index (χ0n) is 15.6. The number of quaternary nitrogens is 1. The Morgan fingerprint density at radius 2 is 1.85 bits per heavy atom. The molecule has 0 bridgehead atoms. The molecule has 5 nitrogen and oxygen atoms in total. The lowest BCUT2D eigenvalue weighted by molar-refractivity contribution is -0.885. The van der Waals surface area contributed by atoms with Gasteiger partial charge in [-0.05, 0) is 43.2 Å². The van der Waals surface area contributed by atoms with Gasteiger partial charge in [0.05, 0.1) is 17.8 Å². The number of benzene rings is 2. The van der Waals surface area contributed by atoms with E-state index in [0.717, 1.165) is 28.6 Å². The van der Waals surface area contributed by atoms with Gasteiger partial charge in [-0.3, -0.25) is 9.59 Å². The van der Waals surface area contributed by atoms with Crippen LogP contribution in [0.3, 0.4) is 0 Å². The van der Waals surface area contributed by atoms with Crippen molar-refractivity contribution >= 4 is 34.8 Å². The van der Waals surface area contributed by atoms with Crippen molar-refractivity contribution in [2.24, 2.45) is 0 Å². The van der Waals surface area contributed by atoms with Crippen LogP contribution in [0.5, 0.6) is 0 Å². The summed E-state index contributed by atoms with van der Waals surface area (Å²) >= 11 is 5.94. The van der Waals surface area contributed by atoms with Gasteiger partial charge in [0.1, 0.15) is 5.82 Å². The molecule has 0 heterocycles. The number of para-hydroxylation sites is 1. The van der Waals surface area contributed by atoms with E-state index in [-0.39, 0.29) is 23.4 Å². The molecule has 0 saturated heterocycles. The number of aryl methyl sites for hydroxylation is 1. The van der Waals surface area contributed by atoms with Gasteiger partial charge in [-0.15, -0.1) is 0 Å². The average Bonchev–Trinajstić information content (AvgIpc) is 2.63. The second kappa shape index (κ2) is 9.48. The highest BCUT2D eigenvalue weighted by Crippen LogP contribution is 2.22. The zero-order valence-corrected chi connectivity index (χ0v) is 16.4. The summed E-state index contributed by atoms with van der Waals surface area (Å²) in [6.07, 6.45) is 0.816. The molecule has 2 rings (SSSR count). The molecule has 0 saturated carbocycles. The number of likely N-dealkylation sites (N-methyl/N-ethyl adjacent to an activating group) is 1. The molecule has 27 heavy (non-hydrogen) atoms. The maximum absolute atomic E-state index is 13.1. The van der Waals surface area contributed by atoms with E-state index in [4.69, 9.17) is 11.6 Å². The first-order chi connectivity index (χ1) is 12.8. The molecular weight excluding hydrogens is 369 g/mol. The van der Waals surface area contributed by atoms with E-state index in [9.17, 15) is 14.0 Å². The number of amides is 2. The average molecular weight is 393 g/mol. The van der Waals surface area contributed by atoms with Gasteiger partial charge in [0.25, 0.3) is 11.8 Å². The first-order valence-corrected chi connectivity index (χ1v) is 9.15. The first-order valence-electron chi connectivity index (χ1n) is 8.77. The minimum atomic E-state index is -0.502. The van der Waals surface area contributed by atoms with E-state index in [0.29, 0.717) is 5.69 Å². The van der Waals surface area contributed by atoms with Crippen molar-refractivity contribution in [2.45, 2.75) is 26.3 Å². The van der Waals surface area contributed by atoms with Crippen LogP contribution in [0.25, 0.3) is 0 Å². The predicted octanol–water partition coefficient (Wildman–Crippen LogP) is 2.52. The molecule has 0 aliphatic carbocycles. The quantitative estimate of drug-likeness (QED) is 0.678. The first kappa shape index (κ1) is 20.9. The predicted molar refractivity (Wildman–Crippen MR) is 106 cm³/mol. The Morgan fingerprint density at radius 1 is 1.15 bits per heavy atom. The van der Waals surface area contributed by atoms with Crippen LogP contribution in [0.4, 0.5) is 15.8 Å². The summed E-state index contributed by atoms with van der Waals surface area (Å²) in [7, 11) is 1.77. The van der Waals surface area contributed by atoms with Gasteiger partial charge in [-0.2, -0.15) is 0 Å². The molecule has 0 fully saturated rings. The summed E-state index contributed by atoms with van der Waals surface area (Å²) in [6, 6.07) is 10.9. The van der Waals surface area contributed by atoms with Crippen LogP contribution in [0.1, 0.15) is 19.4 Å². The number of carbonyl (C=O) groups is 2. The summed E-state index contributed by atoms with van der Waals surface area (Å²) < 4.78 is 13.1. The molecule has 144 valence electrons. The Bertz CT molecular complexity index is 829. The SMILES string of the molecule is CCc1ccccc1NC(=O)C[NH+](C)[C@@H](C)C(=O)Nc1ccc(F)cc1Cl. The van der Waals surface area contributed by atoms with Crippen LogP contribution in [0.15, 0.2) is 42.5 Å². The van der Waals surface area contributed by atoms with Gasteiger partial charge in [-0.25, -0.2) is 4.39 Å². The lowest BCUT2D eigenvalue weighted by Gasteiger charge is -2.21. The van der Waals surface area contributed by atoms with Crippen molar-refractivity contribution in [3.8, 4) is 0 Å². The number of halogens is 2. The minimum Gasteiger partial charge on any atom is -0.321 e. The third-order valence-electron chi connectivity index (χ3n) is 4.43. The van der Waals surface area contributed by atoms with Crippen LogP contribution in [0.2, 0.25) is 5.02 Å². The van der Waals surface area contributed by atoms with Crippen molar-refractivity contribution < 1.29 is 18.9 Å². The van der Waals surface area contributed by atoms with E-state index in [1.54, 1.807) is 14.0 Å². The van der Waals surface area contributed by atoms with E-state index in [1.165, 1.54) is 12.1 Å². The lowest BCUT2D eigenvalue weighted by atomic mass is 10.1. The van der Waals surface area contributed by atoms with Gasteiger partial charge >= 0.3 is 0 Å². The van der Waals surface area contributed by atoms with Crippen LogP contribution in [-0.2, 0) is 16.0 Å².